The Bertz CT molecular complexity index is 1090. The Morgan fingerprint density at radius 2 is 1.65 bits per heavy atom. The SMILES string of the molecule is Cc1ccc(N(CCCC(=O)N(Cc2ccccc2Cl)C(C)C(=O)NC(C)C)S(C)(=O)=O)cc1. The van der Waals surface area contributed by atoms with Gasteiger partial charge >= 0.3 is 0 Å². The van der Waals surface area contributed by atoms with Crippen molar-refractivity contribution in [3.8, 4) is 0 Å². The Labute approximate surface area is 208 Å². The summed E-state index contributed by atoms with van der Waals surface area (Å²) in [6, 6.07) is 13.6. The zero-order valence-corrected chi connectivity index (χ0v) is 22.0. The number of hydrogen-bond acceptors (Lipinski definition) is 4. The lowest BCUT2D eigenvalue weighted by atomic mass is 10.1. The summed E-state index contributed by atoms with van der Waals surface area (Å²) in [5.41, 5.74) is 2.31. The van der Waals surface area contributed by atoms with Crippen LogP contribution in [-0.2, 0) is 26.2 Å². The number of anilines is 1. The molecule has 7 nitrogen and oxygen atoms in total. The smallest absolute Gasteiger partial charge is 0.242 e. The van der Waals surface area contributed by atoms with Gasteiger partial charge in [0, 0.05) is 30.6 Å². The zero-order valence-electron chi connectivity index (χ0n) is 20.4. The molecule has 34 heavy (non-hydrogen) atoms. The minimum atomic E-state index is -3.52. The van der Waals surface area contributed by atoms with Crippen molar-refractivity contribution in [3.05, 3.63) is 64.7 Å². The van der Waals surface area contributed by atoms with Gasteiger partial charge in [0.2, 0.25) is 21.8 Å². The summed E-state index contributed by atoms with van der Waals surface area (Å²) in [7, 11) is -3.52. The van der Waals surface area contributed by atoms with Gasteiger partial charge in [0.25, 0.3) is 0 Å². The number of carbonyl (C=O) groups is 2. The fourth-order valence-electron chi connectivity index (χ4n) is 3.51. The second-order valence-electron chi connectivity index (χ2n) is 8.73. The molecule has 0 saturated carbocycles. The van der Waals surface area contributed by atoms with Gasteiger partial charge in [-0.1, -0.05) is 47.5 Å². The normalized spacial score (nSPS) is 12.3. The van der Waals surface area contributed by atoms with Crippen molar-refractivity contribution in [2.75, 3.05) is 17.1 Å². The molecule has 186 valence electrons. The van der Waals surface area contributed by atoms with Crippen molar-refractivity contribution in [3.63, 3.8) is 0 Å². The Morgan fingerprint density at radius 3 is 2.21 bits per heavy atom. The van der Waals surface area contributed by atoms with E-state index >= 15 is 0 Å². The number of rotatable bonds is 11. The highest BCUT2D eigenvalue weighted by atomic mass is 35.5. The molecule has 0 radical (unpaired) electrons. The molecule has 0 fully saturated rings. The number of nitrogens with zero attached hydrogens (tertiary/aromatic N) is 2. The Hall–Kier alpha value is -2.58. The van der Waals surface area contributed by atoms with Crippen LogP contribution < -0.4 is 9.62 Å². The van der Waals surface area contributed by atoms with Gasteiger partial charge in [-0.05, 0) is 57.9 Å². The van der Waals surface area contributed by atoms with Gasteiger partial charge in [0.15, 0.2) is 0 Å². The Balaban J connectivity index is 2.17. The van der Waals surface area contributed by atoms with Crippen LogP contribution in [0.5, 0.6) is 0 Å². The molecule has 2 aromatic carbocycles. The molecular formula is C25H34ClN3O4S. The maximum Gasteiger partial charge on any atom is 0.242 e. The number of hydrogen-bond donors (Lipinski definition) is 1. The minimum absolute atomic E-state index is 0.0648. The summed E-state index contributed by atoms with van der Waals surface area (Å²) in [5, 5.41) is 3.36. The molecule has 0 aromatic heterocycles. The maximum absolute atomic E-state index is 13.2. The number of nitrogens with one attached hydrogen (secondary N) is 1. The first-order valence-corrected chi connectivity index (χ1v) is 13.5. The molecule has 0 bridgehead atoms. The van der Waals surface area contributed by atoms with Crippen LogP contribution in [0.1, 0.15) is 44.7 Å². The fraction of sp³-hybridized carbons (Fsp3) is 0.440. The summed E-state index contributed by atoms with van der Waals surface area (Å²) in [6.07, 6.45) is 1.54. The largest absolute Gasteiger partial charge is 0.352 e. The molecule has 2 aromatic rings. The van der Waals surface area contributed by atoms with Crippen LogP contribution in [0.4, 0.5) is 5.69 Å². The lowest BCUT2D eigenvalue weighted by molar-refractivity contribution is -0.140. The predicted octanol–water partition coefficient (Wildman–Crippen LogP) is 4.14. The van der Waals surface area contributed by atoms with E-state index in [-0.39, 0.29) is 37.4 Å². The highest BCUT2D eigenvalue weighted by molar-refractivity contribution is 7.92. The van der Waals surface area contributed by atoms with Crippen LogP contribution in [0.15, 0.2) is 48.5 Å². The number of halogens is 1. The third kappa shape index (κ3) is 8.02. The van der Waals surface area contributed by atoms with E-state index in [0.29, 0.717) is 17.1 Å². The van der Waals surface area contributed by atoms with E-state index in [1.807, 2.05) is 45.0 Å². The van der Waals surface area contributed by atoms with Crippen LogP contribution in [0.2, 0.25) is 5.02 Å². The van der Waals surface area contributed by atoms with E-state index in [0.717, 1.165) is 17.4 Å². The average Bonchev–Trinajstić information content (AvgIpc) is 2.75. The van der Waals surface area contributed by atoms with Gasteiger partial charge < -0.3 is 10.2 Å². The number of sulfonamides is 1. The number of amides is 2. The van der Waals surface area contributed by atoms with Crippen LogP contribution in [-0.4, -0.2) is 50.0 Å². The average molecular weight is 508 g/mol. The monoisotopic (exact) mass is 507 g/mol. The van der Waals surface area contributed by atoms with Crippen molar-refractivity contribution in [1.82, 2.24) is 10.2 Å². The molecule has 0 aliphatic rings. The molecule has 9 heteroatoms. The molecule has 0 heterocycles. The highest BCUT2D eigenvalue weighted by Gasteiger charge is 2.27. The molecule has 0 spiro atoms. The van der Waals surface area contributed by atoms with Gasteiger partial charge in [-0.25, -0.2) is 8.42 Å². The molecule has 0 aliphatic carbocycles. The van der Waals surface area contributed by atoms with Gasteiger partial charge in [0.1, 0.15) is 6.04 Å². The van der Waals surface area contributed by atoms with E-state index < -0.39 is 16.1 Å². The summed E-state index contributed by atoms with van der Waals surface area (Å²) in [6.45, 7) is 7.66. The van der Waals surface area contributed by atoms with Crippen LogP contribution in [0.25, 0.3) is 0 Å². The van der Waals surface area contributed by atoms with E-state index in [4.69, 9.17) is 11.6 Å². The predicted molar refractivity (Wildman–Crippen MR) is 137 cm³/mol. The van der Waals surface area contributed by atoms with Crippen molar-refractivity contribution < 1.29 is 18.0 Å². The van der Waals surface area contributed by atoms with E-state index in [9.17, 15) is 18.0 Å². The Kier molecular flexibility index (Phi) is 9.94. The third-order valence-electron chi connectivity index (χ3n) is 5.37. The quantitative estimate of drug-likeness (QED) is 0.495. The standard InChI is InChI=1S/C25H34ClN3O4S/c1-18(2)27-25(31)20(4)28(17-21-9-6-7-10-23(21)26)24(30)11-8-16-29(34(5,32)33)22-14-12-19(3)13-15-22/h6-7,9-10,12-15,18,20H,8,11,16-17H2,1-5H3,(H,27,31). The van der Waals surface area contributed by atoms with E-state index in [1.54, 1.807) is 31.2 Å². The second-order valence-corrected chi connectivity index (χ2v) is 11.0. The van der Waals surface area contributed by atoms with Crippen LogP contribution in [0.3, 0.4) is 0 Å². The zero-order chi connectivity index (χ0) is 25.5. The van der Waals surface area contributed by atoms with Gasteiger partial charge in [0.05, 0.1) is 11.9 Å². The first kappa shape index (κ1) is 27.7. The van der Waals surface area contributed by atoms with Crippen LogP contribution >= 0.6 is 11.6 Å². The first-order chi connectivity index (χ1) is 15.9. The number of benzene rings is 2. The number of aryl methyl sites for hydroxylation is 1. The van der Waals surface area contributed by atoms with Crippen molar-refractivity contribution in [2.24, 2.45) is 0 Å². The molecule has 2 rings (SSSR count). The molecule has 1 N–H and O–H groups in total. The highest BCUT2D eigenvalue weighted by Crippen LogP contribution is 2.21. The maximum atomic E-state index is 13.2. The molecule has 1 unspecified atom stereocenters. The summed E-state index contributed by atoms with van der Waals surface area (Å²) in [5.74, 6) is -0.503. The van der Waals surface area contributed by atoms with Gasteiger partial charge in [-0.2, -0.15) is 0 Å². The van der Waals surface area contributed by atoms with Crippen molar-refractivity contribution in [1.29, 1.82) is 0 Å². The molecule has 0 saturated heterocycles. The lowest BCUT2D eigenvalue weighted by Crippen LogP contribution is -2.49. The number of carbonyl (C=O) groups excluding carboxylic acids is 2. The second kappa shape index (κ2) is 12.2. The van der Waals surface area contributed by atoms with Crippen molar-refractivity contribution >= 4 is 39.1 Å². The van der Waals surface area contributed by atoms with E-state index in [1.165, 1.54) is 9.21 Å². The van der Waals surface area contributed by atoms with Crippen molar-refractivity contribution in [2.45, 2.75) is 59.2 Å². The molecule has 0 aliphatic heterocycles. The summed E-state index contributed by atoms with van der Waals surface area (Å²) >= 11 is 6.30. The minimum Gasteiger partial charge on any atom is -0.352 e. The summed E-state index contributed by atoms with van der Waals surface area (Å²) in [4.78, 5) is 27.4. The van der Waals surface area contributed by atoms with Crippen LogP contribution in [0, 0.1) is 6.92 Å². The summed E-state index contributed by atoms with van der Waals surface area (Å²) < 4.78 is 26.0. The molecular weight excluding hydrogens is 474 g/mol. The first-order valence-electron chi connectivity index (χ1n) is 11.3. The molecule has 1 atom stereocenters. The van der Waals surface area contributed by atoms with Gasteiger partial charge in [-0.15, -0.1) is 0 Å². The van der Waals surface area contributed by atoms with Gasteiger partial charge in [-0.3, -0.25) is 13.9 Å². The topological polar surface area (TPSA) is 86.8 Å². The van der Waals surface area contributed by atoms with E-state index in [2.05, 4.69) is 5.32 Å². The molecule has 2 amide bonds. The Morgan fingerprint density at radius 1 is 1.03 bits per heavy atom. The fourth-order valence-corrected chi connectivity index (χ4v) is 4.67. The lowest BCUT2D eigenvalue weighted by Gasteiger charge is -2.30. The third-order valence-corrected chi connectivity index (χ3v) is 6.93.